The number of halogens is 3. The third-order valence-electron chi connectivity index (χ3n) is 2.96. The molecule has 0 heterocycles. The van der Waals surface area contributed by atoms with Crippen molar-refractivity contribution in [3.63, 3.8) is 0 Å². The van der Waals surface area contributed by atoms with Gasteiger partial charge in [0.05, 0.1) is 6.04 Å². The molecule has 0 saturated carbocycles. The molecule has 1 atom stereocenters. The Labute approximate surface area is 144 Å². The molecule has 0 aliphatic carbocycles. The molecule has 0 radical (unpaired) electrons. The molecular formula is C16H14Cl3NO2. The van der Waals surface area contributed by atoms with Gasteiger partial charge in [-0.1, -0.05) is 53.0 Å². The van der Waals surface area contributed by atoms with Crippen LogP contribution in [0.4, 0.5) is 0 Å². The van der Waals surface area contributed by atoms with E-state index in [-0.39, 0.29) is 18.6 Å². The lowest BCUT2D eigenvalue weighted by Gasteiger charge is -2.16. The third kappa shape index (κ3) is 4.80. The van der Waals surface area contributed by atoms with Gasteiger partial charge in [0.25, 0.3) is 5.91 Å². The van der Waals surface area contributed by atoms with E-state index in [2.05, 4.69) is 5.32 Å². The highest BCUT2D eigenvalue weighted by atomic mass is 35.5. The van der Waals surface area contributed by atoms with Crippen molar-refractivity contribution in [2.45, 2.75) is 13.0 Å². The number of hydrogen-bond donors (Lipinski definition) is 1. The first-order valence-corrected chi connectivity index (χ1v) is 7.72. The number of nitrogens with one attached hydrogen (secondary N) is 1. The van der Waals surface area contributed by atoms with E-state index < -0.39 is 0 Å². The molecule has 6 heteroatoms. The highest BCUT2D eigenvalue weighted by Gasteiger charge is 2.12. The van der Waals surface area contributed by atoms with Crippen LogP contribution < -0.4 is 10.1 Å². The summed E-state index contributed by atoms with van der Waals surface area (Å²) in [6, 6.07) is 11.9. The van der Waals surface area contributed by atoms with Crippen LogP contribution in [0, 0.1) is 0 Å². The summed E-state index contributed by atoms with van der Waals surface area (Å²) in [5, 5.41) is 4.33. The molecule has 0 unspecified atom stereocenters. The minimum Gasteiger partial charge on any atom is -0.484 e. The fraction of sp³-hybridized carbons (Fsp3) is 0.188. The molecule has 0 spiro atoms. The van der Waals surface area contributed by atoms with Gasteiger partial charge in [-0.3, -0.25) is 4.79 Å². The van der Waals surface area contributed by atoms with Gasteiger partial charge < -0.3 is 10.1 Å². The number of amides is 1. The first kappa shape index (κ1) is 16.9. The zero-order valence-electron chi connectivity index (χ0n) is 11.8. The molecule has 0 bridgehead atoms. The second-order valence-electron chi connectivity index (χ2n) is 4.70. The van der Waals surface area contributed by atoms with Crippen molar-refractivity contribution >= 4 is 40.7 Å². The summed E-state index contributed by atoms with van der Waals surface area (Å²) in [6.45, 7) is 1.72. The Balaban J connectivity index is 1.91. The lowest BCUT2D eigenvalue weighted by molar-refractivity contribution is -0.123. The van der Waals surface area contributed by atoms with Gasteiger partial charge in [-0.05, 0) is 36.8 Å². The Morgan fingerprint density at radius 1 is 1.14 bits per heavy atom. The molecule has 3 nitrogen and oxygen atoms in total. The quantitative estimate of drug-likeness (QED) is 0.825. The van der Waals surface area contributed by atoms with Gasteiger partial charge in [0, 0.05) is 15.1 Å². The third-order valence-corrected chi connectivity index (χ3v) is 3.74. The van der Waals surface area contributed by atoms with Gasteiger partial charge in [-0.25, -0.2) is 0 Å². The minimum atomic E-state index is -0.261. The summed E-state index contributed by atoms with van der Waals surface area (Å²) >= 11 is 17.8. The van der Waals surface area contributed by atoms with Crippen molar-refractivity contribution < 1.29 is 9.53 Å². The molecular weight excluding hydrogens is 345 g/mol. The molecule has 1 amide bonds. The van der Waals surface area contributed by atoms with Crippen LogP contribution in [0.5, 0.6) is 5.75 Å². The summed E-state index contributed by atoms with van der Waals surface area (Å²) in [6.07, 6.45) is 0. The Hall–Kier alpha value is -1.42. The lowest BCUT2D eigenvalue weighted by atomic mass is 10.1. The van der Waals surface area contributed by atoms with Crippen LogP contribution in [0.25, 0.3) is 0 Å². The maximum absolute atomic E-state index is 11.9. The van der Waals surface area contributed by atoms with E-state index in [4.69, 9.17) is 39.5 Å². The van der Waals surface area contributed by atoms with E-state index in [9.17, 15) is 4.79 Å². The highest BCUT2D eigenvalue weighted by Crippen LogP contribution is 2.24. The van der Waals surface area contributed by atoms with Crippen LogP contribution in [0.3, 0.4) is 0 Å². The van der Waals surface area contributed by atoms with Crippen LogP contribution >= 0.6 is 34.8 Å². The van der Waals surface area contributed by atoms with Gasteiger partial charge in [-0.15, -0.1) is 0 Å². The smallest absolute Gasteiger partial charge is 0.258 e. The monoisotopic (exact) mass is 357 g/mol. The van der Waals surface area contributed by atoms with Gasteiger partial charge in [0.15, 0.2) is 6.61 Å². The highest BCUT2D eigenvalue weighted by molar-refractivity contribution is 6.34. The first-order valence-electron chi connectivity index (χ1n) is 6.58. The molecule has 2 aromatic rings. The average Bonchev–Trinajstić information content (AvgIpc) is 2.44. The Kier molecular flexibility index (Phi) is 5.95. The number of carbonyl (C=O) groups is 1. The molecule has 0 aliphatic rings. The predicted molar refractivity (Wildman–Crippen MR) is 90.0 cm³/mol. The first-order chi connectivity index (χ1) is 10.5. The zero-order valence-corrected chi connectivity index (χ0v) is 14.0. The predicted octanol–water partition coefficient (Wildman–Crippen LogP) is 4.90. The van der Waals surface area contributed by atoms with Crippen LogP contribution in [0.2, 0.25) is 15.1 Å². The second kappa shape index (κ2) is 7.73. The molecule has 0 aliphatic heterocycles. The van der Waals surface area contributed by atoms with E-state index in [1.807, 2.05) is 25.1 Å². The van der Waals surface area contributed by atoms with Gasteiger partial charge in [-0.2, -0.15) is 0 Å². The molecule has 22 heavy (non-hydrogen) atoms. The van der Waals surface area contributed by atoms with Gasteiger partial charge >= 0.3 is 0 Å². The van der Waals surface area contributed by atoms with Crippen LogP contribution in [-0.4, -0.2) is 12.5 Å². The molecule has 1 N–H and O–H groups in total. The van der Waals surface area contributed by atoms with E-state index in [0.29, 0.717) is 20.8 Å². The van der Waals surface area contributed by atoms with E-state index in [1.54, 1.807) is 24.3 Å². The summed E-state index contributed by atoms with van der Waals surface area (Å²) < 4.78 is 5.38. The van der Waals surface area contributed by atoms with Crippen molar-refractivity contribution in [1.82, 2.24) is 5.32 Å². The Morgan fingerprint density at radius 3 is 2.41 bits per heavy atom. The topological polar surface area (TPSA) is 38.3 Å². The Morgan fingerprint density at radius 2 is 1.77 bits per heavy atom. The summed E-state index contributed by atoms with van der Waals surface area (Å²) in [5.74, 6) is 0.182. The maximum atomic E-state index is 11.9. The standard InChI is InChI=1S/C16H14Cl3NO2/c1-10(14-4-2-3-5-15(14)19)20-16(21)9-22-13-7-11(17)6-12(18)8-13/h2-8,10H,9H2,1H3,(H,20,21)/t10-/m1/s1. The van der Waals surface area contributed by atoms with E-state index in [0.717, 1.165) is 5.56 Å². The average molecular weight is 359 g/mol. The molecule has 2 rings (SSSR count). The molecule has 0 fully saturated rings. The number of benzene rings is 2. The number of ether oxygens (including phenoxy) is 1. The summed E-state index contributed by atoms with van der Waals surface area (Å²) in [4.78, 5) is 11.9. The molecule has 2 aromatic carbocycles. The van der Waals surface area contributed by atoms with E-state index >= 15 is 0 Å². The van der Waals surface area contributed by atoms with Crippen molar-refractivity contribution in [1.29, 1.82) is 0 Å². The SMILES string of the molecule is C[C@@H](NC(=O)COc1cc(Cl)cc(Cl)c1)c1ccccc1Cl. The van der Waals surface area contributed by atoms with Crippen LogP contribution in [-0.2, 0) is 4.79 Å². The normalized spacial score (nSPS) is 11.8. The van der Waals surface area contributed by atoms with Crippen molar-refractivity contribution in [2.75, 3.05) is 6.61 Å². The zero-order chi connectivity index (χ0) is 16.1. The Bertz CT molecular complexity index is 656. The fourth-order valence-electron chi connectivity index (χ4n) is 1.95. The summed E-state index contributed by atoms with van der Waals surface area (Å²) in [7, 11) is 0. The van der Waals surface area contributed by atoms with Gasteiger partial charge in [0.1, 0.15) is 5.75 Å². The number of rotatable bonds is 5. The molecule has 0 aromatic heterocycles. The van der Waals surface area contributed by atoms with Crippen molar-refractivity contribution in [3.8, 4) is 5.75 Å². The van der Waals surface area contributed by atoms with Crippen LogP contribution in [0.15, 0.2) is 42.5 Å². The maximum Gasteiger partial charge on any atom is 0.258 e. The fourth-order valence-corrected chi connectivity index (χ4v) is 2.75. The summed E-state index contributed by atoms with van der Waals surface area (Å²) in [5.41, 5.74) is 0.850. The lowest BCUT2D eigenvalue weighted by Crippen LogP contribution is -2.31. The van der Waals surface area contributed by atoms with Gasteiger partial charge in [0.2, 0.25) is 0 Å². The number of carbonyl (C=O) groups excluding carboxylic acids is 1. The molecule has 116 valence electrons. The van der Waals surface area contributed by atoms with E-state index in [1.165, 1.54) is 0 Å². The minimum absolute atomic E-state index is 0.133. The van der Waals surface area contributed by atoms with Crippen molar-refractivity contribution in [2.24, 2.45) is 0 Å². The van der Waals surface area contributed by atoms with Crippen LogP contribution in [0.1, 0.15) is 18.5 Å². The second-order valence-corrected chi connectivity index (χ2v) is 5.98. The number of hydrogen-bond acceptors (Lipinski definition) is 2. The largest absolute Gasteiger partial charge is 0.484 e. The molecule has 0 saturated heterocycles. The van der Waals surface area contributed by atoms with Crippen molar-refractivity contribution in [3.05, 3.63) is 63.1 Å².